The minimum atomic E-state index is 0.204. The Morgan fingerprint density at radius 3 is 2.59 bits per heavy atom. The van der Waals surface area contributed by atoms with Crippen LogP contribution < -0.4 is 5.32 Å². The van der Waals surface area contributed by atoms with Gasteiger partial charge in [-0.25, -0.2) is 9.97 Å². The summed E-state index contributed by atoms with van der Waals surface area (Å²) in [6.07, 6.45) is 0.883. The molecule has 0 aliphatic carbocycles. The first kappa shape index (κ1) is 14.4. The molecule has 1 unspecified atom stereocenters. The smallest absolute Gasteiger partial charge is 0.144 e. The number of methoxy groups -OCH3 is 1. The van der Waals surface area contributed by atoms with E-state index in [0.29, 0.717) is 6.61 Å². The van der Waals surface area contributed by atoms with E-state index in [0.717, 1.165) is 34.8 Å². The lowest BCUT2D eigenvalue weighted by atomic mass is 10.1. The van der Waals surface area contributed by atoms with Gasteiger partial charge in [-0.3, -0.25) is 0 Å². The zero-order valence-electron chi connectivity index (χ0n) is 10.9. The molecule has 1 heterocycles. The molecular weight excluding hydrogens is 282 g/mol. The molecule has 5 heteroatoms. The summed E-state index contributed by atoms with van der Waals surface area (Å²) in [4.78, 5) is 9.11. The number of anilines is 1. The van der Waals surface area contributed by atoms with E-state index >= 15 is 0 Å². The molecule has 4 nitrogen and oxygen atoms in total. The molecule has 0 aliphatic heterocycles. The van der Waals surface area contributed by atoms with Gasteiger partial charge in [0.15, 0.2) is 0 Å². The second kappa shape index (κ2) is 6.91. The van der Waals surface area contributed by atoms with Crippen molar-refractivity contribution in [3.63, 3.8) is 0 Å². The molecule has 0 saturated heterocycles. The van der Waals surface area contributed by atoms with Crippen LogP contribution in [-0.2, 0) is 11.2 Å². The second-order valence-corrected chi connectivity index (χ2v) is 4.72. The predicted molar refractivity (Wildman–Crippen MR) is 73.6 cm³/mol. The van der Waals surface area contributed by atoms with Crippen LogP contribution in [0.3, 0.4) is 0 Å². The molecule has 1 rings (SSSR count). The van der Waals surface area contributed by atoms with E-state index in [1.54, 1.807) is 7.11 Å². The number of nitrogens with one attached hydrogen (secondary N) is 1. The highest BCUT2D eigenvalue weighted by molar-refractivity contribution is 9.10. The van der Waals surface area contributed by atoms with Gasteiger partial charge in [-0.05, 0) is 29.3 Å². The predicted octanol–water partition coefficient (Wildman–Crippen LogP) is 2.98. The molecule has 1 N–H and O–H groups in total. The van der Waals surface area contributed by atoms with Crippen molar-refractivity contribution >= 4 is 21.7 Å². The van der Waals surface area contributed by atoms with Crippen LogP contribution >= 0.6 is 15.9 Å². The highest BCUT2D eigenvalue weighted by Crippen LogP contribution is 2.26. The molecule has 1 aromatic rings. The van der Waals surface area contributed by atoms with Gasteiger partial charge in [-0.1, -0.05) is 13.8 Å². The molecule has 1 atom stereocenters. The van der Waals surface area contributed by atoms with Crippen molar-refractivity contribution in [2.75, 3.05) is 25.6 Å². The molecule has 1 aromatic heterocycles. The number of hydrogen-bond acceptors (Lipinski definition) is 4. The van der Waals surface area contributed by atoms with E-state index in [9.17, 15) is 0 Å². The van der Waals surface area contributed by atoms with E-state index in [4.69, 9.17) is 4.74 Å². The highest BCUT2D eigenvalue weighted by Gasteiger charge is 2.15. The zero-order chi connectivity index (χ0) is 12.8. The van der Waals surface area contributed by atoms with Gasteiger partial charge in [0.1, 0.15) is 11.6 Å². The maximum absolute atomic E-state index is 5.15. The fourth-order valence-corrected chi connectivity index (χ4v) is 2.17. The number of nitrogens with zero attached hydrogens (tertiary/aromatic N) is 2. The van der Waals surface area contributed by atoms with Crippen molar-refractivity contribution in [3.05, 3.63) is 16.0 Å². The number of rotatable bonds is 6. The Morgan fingerprint density at radius 1 is 1.35 bits per heavy atom. The molecule has 96 valence electrons. The molecule has 0 aliphatic rings. The average molecular weight is 302 g/mol. The van der Waals surface area contributed by atoms with Crippen LogP contribution in [0.5, 0.6) is 0 Å². The first-order chi connectivity index (χ1) is 8.13. The maximum Gasteiger partial charge on any atom is 0.144 e. The molecule has 0 aromatic carbocycles. The molecule has 0 spiro atoms. The fourth-order valence-electron chi connectivity index (χ4n) is 1.58. The molecular formula is C12H20BrN3O. The Bertz CT molecular complexity index is 371. The Labute approximate surface area is 111 Å². The second-order valence-electron chi connectivity index (χ2n) is 3.93. The third kappa shape index (κ3) is 3.64. The van der Waals surface area contributed by atoms with Gasteiger partial charge in [0, 0.05) is 19.6 Å². The van der Waals surface area contributed by atoms with Gasteiger partial charge in [-0.2, -0.15) is 0 Å². The third-order valence-corrected chi connectivity index (χ3v) is 3.31. The van der Waals surface area contributed by atoms with Crippen LogP contribution in [-0.4, -0.2) is 30.2 Å². The van der Waals surface area contributed by atoms with Crippen LogP contribution in [0.4, 0.5) is 5.82 Å². The van der Waals surface area contributed by atoms with Crippen LogP contribution in [0.1, 0.15) is 38.2 Å². The summed E-state index contributed by atoms with van der Waals surface area (Å²) in [6.45, 7) is 7.70. The first-order valence-electron chi connectivity index (χ1n) is 5.93. The van der Waals surface area contributed by atoms with E-state index < -0.39 is 0 Å². The summed E-state index contributed by atoms with van der Waals surface area (Å²) in [7, 11) is 1.70. The average Bonchev–Trinajstić information content (AvgIpc) is 2.32. The van der Waals surface area contributed by atoms with Crippen molar-refractivity contribution in [2.45, 2.75) is 33.1 Å². The number of ether oxygens (including phenoxy) is 1. The van der Waals surface area contributed by atoms with Gasteiger partial charge >= 0.3 is 0 Å². The molecule has 0 fully saturated rings. The van der Waals surface area contributed by atoms with Crippen molar-refractivity contribution in [1.29, 1.82) is 0 Å². The fraction of sp³-hybridized carbons (Fsp3) is 0.667. The lowest BCUT2D eigenvalue weighted by molar-refractivity contribution is 0.181. The summed E-state index contributed by atoms with van der Waals surface area (Å²) in [6, 6.07) is 0. The summed E-state index contributed by atoms with van der Waals surface area (Å²) in [5, 5.41) is 3.25. The largest absolute Gasteiger partial charge is 0.384 e. The minimum absolute atomic E-state index is 0.204. The standard InChI is InChI=1S/C12H20BrN3O/c1-5-9-10(13)12(14-6-2)16-11(15-9)8(3)7-17-4/h8H,5-7H2,1-4H3,(H,14,15,16). The summed E-state index contributed by atoms with van der Waals surface area (Å²) < 4.78 is 6.12. The Hall–Kier alpha value is -0.680. The van der Waals surface area contributed by atoms with E-state index in [1.807, 2.05) is 0 Å². The monoisotopic (exact) mass is 301 g/mol. The summed E-state index contributed by atoms with van der Waals surface area (Å²) >= 11 is 3.55. The van der Waals surface area contributed by atoms with Gasteiger partial charge < -0.3 is 10.1 Å². The van der Waals surface area contributed by atoms with Gasteiger partial charge in [0.05, 0.1) is 16.8 Å². The van der Waals surface area contributed by atoms with Crippen LogP contribution in [0.25, 0.3) is 0 Å². The van der Waals surface area contributed by atoms with Crippen molar-refractivity contribution in [2.24, 2.45) is 0 Å². The molecule has 0 radical (unpaired) electrons. The molecule has 0 saturated carbocycles. The van der Waals surface area contributed by atoms with Crippen LogP contribution in [0, 0.1) is 0 Å². The van der Waals surface area contributed by atoms with Crippen molar-refractivity contribution in [1.82, 2.24) is 9.97 Å². The number of hydrogen-bond donors (Lipinski definition) is 1. The van der Waals surface area contributed by atoms with E-state index in [1.165, 1.54) is 0 Å². The minimum Gasteiger partial charge on any atom is -0.384 e. The van der Waals surface area contributed by atoms with Crippen LogP contribution in [0.15, 0.2) is 4.47 Å². The lowest BCUT2D eigenvalue weighted by Crippen LogP contribution is -2.12. The quantitative estimate of drug-likeness (QED) is 0.877. The lowest BCUT2D eigenvalue weighted by Gasteiger charge is -2.14. The van der Waals surface area contributed by atoms with Crippen molar-refractivity contribution in [3.8, 4) is 0 Å². The number of halogens is 1. The van der Waals surface area contributed by atoms with Gasteiger partial charge in [-0.15, -0.1) is 0 Å². The molecule has 17 heavy (non-hydrogen) atoms. The summed E-state index contributed by atoms with van der Waals surface area (Å²) in [5.74, 6) is 1.91. The van der Waals surface area contributed by atoms with E-state index in [2.05, 4.69) is 52.0 Å². The third-order valence-electron chi connectivity index (χ3n) is 2.47. The number of aryl methyl sites for hydroxylation is 1. The van der Waals surface area contributed by atoms with Crippen molar-refractivity contribution < 1.29 is 4.74 Å². The summed E-state index contributed by atoms with van der Waals surface area (Å²) in [5.41, 5.74) is 1.04. The number of aromatic nitrogens is 2. The Kier molecular flexibility index (Phi) is 5.85. The van der Waals surface area contributed by atoms with Gasteiger partial charge in [0.2, 0.25) is 0 Å². The topological polar surface area (TPSA) is 47.0 Å². The van der Waals surface area contributed by atoms with E-state index in [-0.39, 0.29) is 5.92 Å². The zero-order valence-corrected chi connectivity index (χ0v) is 12.5. The molecule has 0 amide bonds. The van der Waals surface area contributed by atoms with Crippen LogP contribution in [0.2, 0.25) is 0 Å². The van der Waals surface area contributed by atoms with Gasteiger partial charge in [0.25, 0.3) is 0 Å². The first-order valence-corrected chi connectivity index (χ1v) is 6.72. The molecule has 0 bridgehead atoms. The normalized spacial score (nSPS) is 12.5. The Balaban J connectivity index is 3.10. The Morgan fingerprint density at radius 2 is 2.06 bits per heavy atom. The maximum atomic E-state index is 5.15. The SMILES string of the molecule is CCNc1nc(C(C)COC)nc(CC)c1Br. The highest BCUT2D eigenvalue weighted by atomic mass is 79.9.